The third kappa shape index (κ3) is 4.01. The Bertz CT molecular complexity index is 940. The lowest BCUT2D eigenvalue weighted by molar-refractivity contribution is -0.384. The molecule has 0 bridgehead atoms. The maximum absolute atomic E-state index is 12.5. The zero-order chi connectivity index (χ0) is 19.8. The van der Waals surface area contributed by atoms with Crippen LogP contribution in [-0.4, -0.2) is 41.8 Å². The summed E-state index contributed by atoms with van der Waals surface area (Å²) in [5.74, 6) is -0.0413. The molecule has 1 fully saturated rings. The number of sulfonamides is 1. The van der Waals surface area contributed by atoms with E-state index in [1.165, 1.54) is 0 Å². The molecule has 3 rings (SSSR count). The lowest BCUT2D eigenvalue weighted by Crippen LogP contribution is -2.56. The fourth-order valence-corrected chi connectivity index (χ4v) is 3.85. The van der Waals surface area contributed by atoms with Crippen molar-refractivity contribution in [3.63, 3.8) is 0 Å². The highest BCUT2D eigenvalue weighted by Crippen LogP contribution is 2.30. The molecular formula is C15H12F3N3O5S. The fraction of sp³-hybridized carbons (Fsp3) is 0.267. The molecule has 27 heavy (non-hydrogen) atoms. The number of nitrogens with zero attached hydrogens (tertiary/aromatic N) is 3. The van der Waals surface area contributed by atoms with E-state index in [0.29, 0.717) is 6.20 Å². The van der Waals surface area contributed by atoms with Crippen LogP contribution in [0.15, 0.2) is 47.5 Å². The molecule has 144 valence electrons. The van der Waals surface area contributed by atoms with Gasteiger partial charge in [0.25, 0.3) is 5.69 Å². The molecule has 1 aliphatic rings. The molecule has 0 spiro atoms. The number of nitro benzene ring substituents is 1. The number of hydrogen-bond donors (Lipinski definition) is 0. The summed E-state index contributed by atoms with van der Waals surface area (Å²) < 4.78 is 68.7. The predicted octanol–water partition coefficient (Wildman–Crippen LogP) is 2.46. The molecule has 2 heterocycles. The lowest BCUT2D eigenvalue weighted by atomic mass is 10.2. The first-order valence-electron chi connectivity index (χ1n) is 7.52. The Morgan fingerprint density at radius 3 is 2.26 bits per heavy atom. The normalized spacial score (nSPS) is 16.0. The monoisotopic (exact) mass is 403 g/mol. The predicted molar refractivity (Wildman–Crippen MR) is 85.5 cm³/mol. The number of halogens is 3. The summed E-state index contributed by atoms with van der Waals surface area (Å²) >= 11 is 0. The summed E-state index contributed by atoms with van der Waals surface area (Å²) in [6.07, 6.45) is -4.42. The van der Waals surface area contributed by atoms with Gasteiger partial charge in [0.15, 0.2) is 0 Å². The van der Waals surface area contributed by atoms with Gasteiger partial charge in [-0.3, -0.25) is 10.1 Å². The van der Waals surface area contributed by atoms with E-state index in [2.05, 4.69) is 4.98 Å². The van der Waals surface area contributed by atoms with Crippen LogP contribution in [0.5, 0.6) is 5.88 Å². The topological polar surface area (TPSA) is 103 Å². The minimum atomic E-state index is -4.50. The van der Waals surface area contributed by atoms with Gasteiger partial charge >= 0.3 is 6.18 Å². The number of pyridine rings is 1. The molecule has 0 saturated carbocycles. The molecule has 1 saturated heterocycles. The van der Waals surface area contributed by atoms with Crippen molar-refractivity contribution in [3.8, 4) is 5.88 Å². The van der Waals surface area contributed by atoms with Gasteiger partial charge < -0.3 is 4.74 Å². The van der Waals surface area contributed by atoms with Crippen LogP contribution in [0.4, 0.5) is 18.9 Å². The molecule has 1 aromatic carbocycles. The number of benzene rings is 1. The van der Waals surface area contributed by atoms with Gasteiger partial charge in [-0.1, -0.05) is 0 Å². The van der Waals surface area contributed by atoms with E-state index in [1.807, 2.05) is 0 Å². The SMILES string of the molecule is O=[N+]([O-])c1ccc(S(=O)(=O)N2CC(Oc3ccc(C(F)(F)F)cn3)C2)cc1. The molecule has 1 aliphatic heterocycles. The molecular weight excluding hydrogens is 391 g/mol. The van der Waals surface area contributed by atoms with Crippen LogP contribution in [0, 0.1) is 10.1 Å². The Morgan fingerprint density at radius 1 is 1.15 bits per heavy atom. The smallest absolute Gasteiger partial charge is 0.417 e. The Kier molecular flexibility index (Phi) is 4.78. The Hall–Kier alpha value is -2.73. The molecule has 0 atom stereocenters. The molecule has 8 nitrogen and oxygen atoms in total. The van der Waals surface area contributed by atoms with Crippen LogP contribution in [0.3, 0.4) is 0 Å². The first-order valence-corrected chi connectivity index (χ1v) is 8.96. The molecule has 0 unspecified atom stereocenters. The van der Waals surface area contributed by atoms with E-state index in [9.17, 15) is 31.7 Å². The van der Waals surface area contributed by atoms with Crippen LogP contribution in [0.1, 0.15) is 5.56 Å². The molecule has 0 radical (unpaired) electrons. The molecule has 0 N–H and O–H groups in total. The number of nitro groups is 1. The number of non-ortho nitro benzene ring substituents is 1. The van der Waals surface area contributed by atoms with Crippen LogP contribution in [0.2, 0.25) is 0 Å². The summed E-state index contributed by atoms with van der Waals surface area (Å²) in [7, 11) is -3.83. The van der Waals surface area contributed by atoms with E-state index in [-0.39, 0.29) is 29.6 Å². The zero-order valence-electron chi connectivity index (χ0n) is 13.5. The van der Waals surface area contributed by atoms with E-state index >= 15 is 0 Å². The minimum absolute atomic E-state index is 0.0119. The van der Waals surface area contributed by atoms with Gasteiger partial charge in [-0.2, -0.15) is 17.5 Å². The quantitative estimate of drug-likeness (QED) is 0.561. The van der Waals surface area contributed by atoms with Gasteiger partial charge in [0.1, 0.15) is 6.10 Å². The summed E-state index contributed by atoms with van der Waals surface area (Å²) in [6, 6.07) is 6.35. The van der Waals surface area contributed by atoms with Crippen LogP contribution in [-0.2, 0) is 16.2 Å². The third-order valence-corrected chi connectivity index (χ3v) is 5.70. The second kappa shape index (κ2) is 6.78. The number of alkyl halides is 3. The average molecular weight is 403 g/mol. The van der Waals surface area contributed by atoms with E-state index < -0.39 is 32.8 Å². The van der Waals surface area contributed by atoms with Crippen molar-refractivity contribution in [1.82, 2.24) is 9.29 Å². The molecule has 1 aromatic heterocycles. The maximum Gasteiger partial charge on any atom is 0.417 e. The van der Waals surface area contributed by atoms with E-state index in [1.54, 1.807) is 0 Å². The Labute approximate surface area is 151 Å². The molecule has 12 heteroatoms. The Morgan fingerprint density at radius 2 is 1.78 bits per heavy atom. The van der Waals surface area contributed by atoms with Gasteiger partial charge in [-0.15, -0.1) is 0 Å². The number of ether oxygens (including phenoxy) is 1. The number of rotatable bonds is 5. The van der Waals surface area contributed by atoms with Crippen LogP contribution >= 0.6 is 0 Å². The highest BCUT2D eigenvalue weighted by atomic mass is 32.2. The van der Waals surface area contributed by atoms with Gasteiger partial charge in [-0.05, 0) is 18.2 Å². The van der Waals surface area contributed by atoms with E-state index in [0.717, 1.165) is 40.7 Å². The second-order valence-electron chi connectivity index (χ2n) is 5.70. The van der Waals surface area contributed by atoms with Gasteiger partial charge in [0.2, 0.25) is 15.9 Å². The third-order valence-electron chi connectivity index (χ3n) is 3.85. The van der Waals surface area contributed by atoms with Gasteiger partial charge in [0.05, 0.1) is 28.5 Å². The summed E-state index contributed by atoms with van der Waals surface area (Å²) in [5, 5.41) is 10.6. The first-order chi connectivity index (χ1) is 12.6. The van der Waals surface area contributed by atoms with E-state index in [4.69, 9.17) is 4.74 Å². The number of aromatic nitrogens is 1. The van der Waals surface area contributed by atoms with Crippen molar-refractivity contribution in [1.29, 1.82) is 0 Å². The first kappa shape index (κ1) is 19.0. The van der Waals surface area contributed by atoms with Crippen molar-refractivity contribution >= 4 is 15.7 Å². The maximum atomic E-state index is 12.5. The van der Waals surface area contributed by atoms with Crippen molar-refractivity contribution in [2.24, 2.45) is 0 Å². The van der Waals surface area contributed by atoms with Gasteiger partial charge in [0, 0.05) is 24.4 Å². The Balaban J connectivity index is 1.60. The largest absolute Gasteiger partial charge is 0.472 e. The molecule has 0 aliphatic carbocycles. The minimum Gasteiger partial charge on any atom is -0.472 e. The van der Waals surface area contributed by atoms with Gasteiger partial charge in [-0.25, -0.2) is 13.4 Å². The fourth-order valence-electron chi connectivity index (χ4n) is 2.35. The molecule has 2 aromatic rings. The zero-order valence-corrected chi connectivity index (χ0v) is 14.3. The van der Waals surface area contributed by atoms with Crippen molar-refractivity contribution in [2.45, 2.75) is 17.2 Å². The lowest BCUT2D eigenvalue weighted by Gasteiger charge is -2.37. The summed E-state index contributed by atoms with van der Waals surface area (Å²) in [5.41, 5.74) is -1.14. The van der Waals surface area contributed by atoms with Crippen LogP contribution in [0.25, 0.3) is 0 Å². The van der Waals surface area contributed by atoms with Crippen LogP contribution < -0.4 is 4.74 Å². The van der Waals surface area contributed by atoms with Crippen molar-refractivity contribution in [3.05, 3.63) is 58.3 Å². The average Bonchev–Trinajstić information content (AvgIpc) is 2.57. The number of hydrogen-bond acceptors (Lipinski definition) is 6. The highest BCUT2D eigenvalue weighted by molar-refractivity contribution is 7.89. The standard InChI is InChI=1S/C15H12F3N3O5S/c16-15(17,18)10-1-6-14(19-7-10)26-12-8-20(9-12)27(24,25)13-4-2-11(3-5-13)21(22)23/h1-7,12H,8-9H2. The summed E-state index contributed by atoms with van der Waals surface area (Å²) in [6.45, 7) is -0.0238. The van der Waals surface area contributed by atoms with Crippen molar-refractivity contribution < 1.29 is 31.2 Å². The second-order valence-corrected chi connectivity index (χ2v) is 7.63. The summed E-state index contributed by atoms with van der Waals surface area (Å²) in [4.78, 5) is 13.4. The molecule has 0 amide bonds. The van der Waals surface area contributed by atoms with Crippen molar-refractivity contribution in [2.75, 3.05) is 13.1 Å². The highest BCUT2D eigenvalue weighted by Gasteiger charge is 2.38.